The molecule has 106 valence electrons. The summed E-state index contributed by atoms with van der Waals surface area (Å²) in [4.78, 5) is 20.0. The third-order valence-corrected chi connectivity index (χ3v) is 2.54. The van der Waals surface area contributed by atoms with E-state index < -0.39 is 0 Å². The van der Waals surface area contributed by atoms with Gasteiger partial charge < -0.3 is 15.4 Å². The van der Waals surface area contributed by atoms with E-state index in [1.807, 2.05) is 0 Å². The molecule has 0 radical (unpaired) electrons. The monoisotopic (exact) mass is 266 g/mol. The first-order valence-corrected chi connectivity index (χ1v) is 6.62. The summed E-state index contributed by atoms with van der Waals surface area (Å²) < 4.78 is 4.92. The highest BCUT2D eigenvalue weighted by molar-refractivity contribution is 5.92. The molecule has 0 aliphatic heterocycles. The van der Waals surface area contributed by atoms with Crippen LogP contribution in [0, 0.1) is 0 Å². The number of hydrogen-bond acceptors (Lipinski definition) is 5. The van der Waals surface area contributed by atoms with Crippen LogP contribution in [0.25, 0.3) is 0 Å². The molecular formula is C13H22N4O2. The number of nitrogens with zero attached hydrogens (tertiary/aromatic N) is 2. The first-order valence-electron chi connectivity index (χ1n) is 6.62. The number of rotatable bonds is 9. The minimum Gasteiger partial charge on any atom is -0.383 e. The van der Waals surface area contributed by atoms with Gasteiger partial charge in [0, 0.05) is 26.4 Å². The molecule has 1 aromatic heterocycles. The Hall–Kier alpha value is -1.69. The zero-order valence-electron chi connectivity index (χ0n) is 11.6. The van der Waals surface area contributed by atoms with Gasteiger partial charge in [-0.15, -0.1) is 0 Å². The van der Waals surface area contributed by atoms with Crippen LogP contribution in [0.2, 0.25) is 0 Å². The zero-order valence-corrected chi connectivity index (χ0v) is 11.6. The molecule has 0 unspecified atom stereocenters. The molecule has 0 bridgehead atoms. The lowest BCUT2D eigenvalue weighted by molar-refractivity contribution is 0.0948. The summed E-state index contributed by atoms with van der Waals surface area (Å²) in [6.07, 6.45) is 4.82. The van der Waals surface area contributed by atoms with Crippen molar-refractivity contribution in [3.63, 3.8) is 0 Å². The van der Waals surface area contributed by atoms with Crippen LogP contribution in [-0.2, 0) is 4.74 Å². The Balaban J connectivity index is 2.43. The molecule has 6 heteroatoms. The Bertz CT molecular complexity index is 385. The van der Waals surface area contributed by atoms with Gasteiger partial charge in [0.25, 0.3) is 5.91 Å². The lowest BCUT2D eigenvalue weighted by atomic mass is 10.2. The predicted octanol–water partition coefficient (Wildman–Crippen LogP) is 1.45. The Labute approximate surface area is 114 Å². The van der Waals surface area contributed by atoms with Crippen LogP contribution in [0.5, 0.6) is 0 Å². The molecule has 0 spiro atoms. The zero-order chi connectivity index (χ0) is 13.9. The van der Waals surface area contributed by atoms with Gasteiger partial charge in [-0.25, -0.2) is 9.97 Å². The van der Waals surface area contributed by atoms with Crippen molar-refractivity contribution in [2.24, 2.45) is 0 Å². The topological polar surface area (TPSA) is 76.1 Å². The largest absolute Gasteiger partial charge is 0.383 e. The summed E-state index contributed by atoms with van der Waals surface area (Å²) >= 11 is 0. The summed E-state index contributed by atoms with van der Waals surface area (Å²) in [5, 5.41) is 5.84. The summed E-state index contributed by atoms with van der Waals surface area (Å²) in [6, 6.07) is 1.61. The van der Waals surface area contributed by atoms with Crippen molar-refractivity contribution < 1.29 is 9.53 Å². The van der Waals surface area contributed by atoms with E-state index in [1.54, 1.807) is 19.4 Å². The van der Waals surface area contributed by atoms with E-state index in [9.17, 15) is 4.79 Å². The lowest BCUT2D eigenvalue weighted by Gasteiger charge is -2.06. The van der Waals surface area contributed by atoms with Crippen molar-refractivity contribution in [2.45, 2.75) is 26.2 Å². The van der Waals surface area contributed by atoms with Crippen molar-refractivity contribution in [1.82, 2.24) is 15.3 Å². The number of unbranched alkanes of at least 4 members (excludes halogenated alkanes) is 2. The SMILES string of the molecule is CCCCCNC(=O)c1ccnc(NCCOC)n1. The molecular weight excluding hydrogens is 244 g/mol. The highest BCUT2D eigenvalue weighted by atomic mass is 16.5. The highest BCUT2D eigenvalue weighted by Gasteiger charge is 2.07. The standard InChI is InChI=1S/C13H22N4O2/c1-3-4-5-7-14-12(18)11-6-8-15-13(17-11)16-9-10-19-2/h6,8H,3-5,7,9-10H2,1-2H3,(H,14,18)(H,15,16,17). The molecule has 1 rings (SSSR count). The van der Waals surface area contributed by atoms with Gasteiger partial charge in [0.1, 0.15) is 5.69 Å². The Morgan fingerprint density at radius 3 is 2.95 bits per heavy atom. The van der Waals surface area contributed by atoms with Crippen molar-refractivity contribution in [2.75, 3.05) is 32.1 Å². The summed E-state index contributed by atoms with van der Waals surface area (Å²) in [5.41, 5.74) is 0.381. The van der Waals surface area contributed by atoms with E-state index >= 15 is 0 Å². The molecule has 0 aliphatic rings. The molecule has 1 amide bonds. The van der Waals surface area contributed by atoms with Gasteiger partial charge in [0.05, 0.1) is 6.61 Å². The summed E-state index contributed by atoms with van der Waals surface area (Å²) in [6.45, 7) is 3.99. The minimum atomic E-state index is -0.159. The van der Waals surface area contributed by atoms with Crippen LogP contribution in [0.1, 0.15) is 36.7 Å². The number of methoxy groups -OCH3 is 1. The van der Waals surface area contributed by atoms with Crippen LogP contribution in [0.3, 0.4) is 0 Å². The average Bonchev–Trinajstić information content (AvgIpc) is 2.44. The highest BCUT2D eigenvalue weighted by Crippen LogP contribution is 2.00. The van der Waals surface area contributed by atoms with Crippen molar-refractivity contribution in [3.8, 4) is 0 Å². The van der Waals surface area contributed by atoms with Crippen LogP contribution < -0.4 is 10.6 Å². The lowest BCUT2D eigenvalue weighted by Crippen LogP contribution is -2.25. The molecule has 0 saturated carbocycles. The molecule has 0 saturated heterocycles. The van der Waals surface area contributed by atoms with Gasteiger partial charge in [-0.05, 0) is 12.5 Å². The third kappa shape index (κ3) is 6.15. The number of anilines is 1. The first kappa shape index (κ1) is 15.4. The predicted molar refractivity (Wildman–Crippen MR) is 74.3 cm³/mol. The van der Waals surface area contributed by atoms with Gasteiger partial charge in [0.2, 0.25) is 5.95 Å². The van der Waals surface area contributed by atoms with Gasteiger partial charge in [-0.3, -0.25) is 4.79 Å². The smallest absolute Gasteiger partial charge is 0.270 e. The maximum Gasteiger partial charge on any atom is 0.270 e. The number of carbonyl (C=O) groups excluding carboxylic acids is 1. The molecule has 0 aliphatic carbocycles. The van der Waals surface area contributed by atoms with Crippen LogP contribution in [0.4, 0.5) is 5.95 Å². The van der Waals surface area contributed by atoms with Crippen LogP contribution in [-0.4, -0.2) is 42.7 Å². The van der Waals surface area contributed by atoms with E-state index in [1.165, 1.54) is 0 Å². The number of ether oxygens (including phenoxy) is 1. The van der Waals surface area contributed by atoms with Crippen molar-refractivity contribution >= 4 is 11.9 Å². The normalized spacial score (nSPS) is 10.2. The second-order valence-corrected chi connectivity index (χ2v) is 4.15. The number of nitrogens with one attached hydrogen (secondary N) is 2. The molecule has 0 atom stereocenters. The third-order valence-electron chi connectivity index (χ3n) is 2.54. The Morgan fingerprint density at radius 2 is 2.21 bits per heavy atom. The van der Waals surface area contributed by atoms with Gasteiger partial charge in [-0.2, -0.15) is 0 Å². The average molecular weight is 266 g/mol. The molecule has 6 nitrogen and oxygen atoms in total. The Morgan fingerprint density at radius 1 is 1.37 bits per heavy atom. The molecule has 1 aromatic rings. The fourth-order valence-electron chi connectivity index (χ4n) is 1.50. The van der Waals surface area contributed by atoms with E-state index in [0.717, 1.165) is 19.3 Å². The summed E-state index contributed by atoms with van der Waals surface area (Å²) in [7, 11) is 1.63. The van der Waals surface area contributed by atoms with E-state index in [4.69, 9.17) is 4.74 Å². The quantitative estimate of drug-likeness (QED) is 0.662. The molecule has 0 fully saturated rings. The van der Waals surface area contributed by atoms with E-state index in [2.05, 4.69) is 27.5 Å². The first-order chi connectivity index (χ1) is 9.27. The maximum absolute atomic E-state index is 11.8. The molecule has 19 heavy (non-hydrogen) atoms. The second kappa shape index (κ2) is 9.27. The van der Waals surface area contributed by atoms with Crippen LogP contribution in [0.15, 0.2) is 12.3 Å². The van der Waals surface area contributed by atoms with E-state index in [0.29, 0.717) is 31.3 Å². The molecule has 0 aromatic carbocycles. The maximum atomic E-state index is 11.8. The van der Waals surface area contributed by atoms with Gasteiger partial charge in [-0.1, -0.05) is 19.8 Å². The Kier molecular flexibility index (Phi) is 7.50. The van der Waals surface area contributed by atoms with Crippen molar-refractivity contribution in [3.05, 3.63) is 18.0 Å². The number of aromatic nitrogens is 2. The van der Waals surface area contributed by atoms with Crippen LogP contribution >= 0.6 is 0 Å². The number of amides is 1. The molecule has 1 heterocycles. The number of carbonyl (C=O) groups is 1. The number of hydrogen-bond donors (Lipinski definition) is 2. The second-order valence-electron chi connectivity index (χ2n) is 4.15. The fourth-order valence-corrected chi connectivity index (χ4v) is 1.50. The molecule has 2 N–H and O–H groups in total. The van der Waals surface area contributed by atoms with Crippen molar-refractivity contribution in [1.29, 1.82) is 0 Å². The van der Waals surface area contributed by atoms with E-state index in [-0.39, 0.29) is 5.91 Å². The fraction of sp³-hybridized carbons (Fsp3) is 0.615. The minimum absolute atomic E-state index is 0.159. The summed E-state index contributed by atoms with van der Waals surface area (Å²) in [5.74, 6) is 0.284. The van der Waals surface area contributed by atoms with Gasteiger partial charge >= 0.3 is 0 Å². The van der Waals surface area contributed by atoms with Gasteiger partial charge in [0.15, 0.2) is 0 Å².